The lowest BCUT2D eigenvalue weighted by Crippen LogP contribution is -2.00. The Bertz CT molecular complexity index is 525. The van der Waals surface area contributed by atoms with Crippen LogP contribution in [-0.4, -0.2) is 4.98 Å². The fourth-order valence-electron chi connectivity index (χ4n) is 1.34. The highest BCUT2D eigenvalue weighted by molar-refractivity contribution is 5.37. The van der Waals surface area contributed by atoms with E-state index in [0.29, 0.717) is 12.3 Å². The van der Waals surface area contributed by atoms with Crippen LogP contribution in [0.1, 0.15) is 17.1 Å². The van der Waals surface area contributed by atoms with Crippen LogP contribution in [-0.2, 0) is 6.54 Å². The van der Waals surface area contributed by atoms with Crippen molar-refractivity contribution in [2.24, 2.45) is 0 Å². The summed E-state index contributed by atoms with van der Waals surface area (Å²) in [6.07, 6.45) is 1.75. The number of anilines is 1. The van der Waals surface area contributed by atoms with Gasteiger partial charge in [0, 0.05) is 6.20 Å². The van der Waals surface area contributed by atoms with E-state index in [1.807, 2.05) is 25.1 Å². The van der Waals surface area contributed by atoms with Crippen LogP contribution in [0.3, 0.4) is 0 Å². The molecule has 2 aromatic rings. The van der Waals surface area contributed by atoms with Crippen molar-refractivity contribution in [3.8, 4) is 6.07 Å². The van der Waals surface area contributed by atoms with Gasteiger partial charge < -0.3 is 9.73 Å². The Labute approximate surface area is 93.5 Å². The van der Waals surface area contributed by atoms with E-state index in [-0.39, 0.29) is 0 Å². The lowest BCUT2D eigenvalue weighted by atomic mass is 10.3. The molecule has 0 aliphatic carbocycles. The van der Waals surface area contributed by atoms with Gasteiger partial charge in [-0.25, -0.2) is 4.98 Å². The molecule has 0 amide bonds. The van der Waals surface area contributed by atoms with Crippen molar-refractivity contribution >= 4 is 5.82 Å². The maximum absolute atomic E-state index is 8.60. The molecule has 0 saturated carbocycles. The quantitative estimate of drug-likeness (QED) is 0.850. The molecule has 2 aromatic heterocycles. The smallest absolute Gasteiger partial charge is 0.203 e. The van der Waals surface area contributed by atoms with Gasteiger partial charge in [-0.05, 0) is 36.8 Å². The largest absolute Gasteiger partial charge is 0.449 e. The van der Waals surface area contributed by atoms with Crippen molar-refractivity contribution in [3.63, 3.8) is 0 Å². The molecule has 2 rings (SSSR count). The molecule has 4 nitrogen and oxygen atoms in total. The molecule has 0 saturated heterocycles. The number of aromatic nitrogens is 1. The van der Waals surface area contributed by atoms with Crippen molar-refractivity contribution in [3.05, 3.63) is 47.5 Å². The Hall–Kier alpha value is -2.28. The van der Waals surface area contributed by atoms with E-state index in [4.69, 9.17) is 9.68 Å². The lowest BCUT2D eigenvalue weighted by molar-refractivity contribution is 0.506. The SMILES string of the molecule is Cc1ccnc(NCc2ccc(C#N)o2)c1. The van der Waals surface area contributed by atoms with E-state index < -0.39 is 0 Å². The number of rotatable bonds is 3. The van der Waals surface area contributed by atoms with Crippen LogP contribution < -0.4 is 5.32 Å². The summed E-state index contributed by atoms with van der Waals surface area (Å²) >= 11 is 0. The van der Waals surface area contributed by atoms with Gasteiger partial charge in [-0.1, -0.05) is 0 Å². The van der Waals surface area contributed by atoms with E-state index in [2.05, 4.69) is 10.3 Å². The first-order valence-corrected chi connectivity index (χ1v) is 4.93. The van der Waals surface area contributed by atoms with Crippen molar-refractivity contribution in [2.45, 2.75) is 13.5 Å². The molecular weight excluding hydrogens is 202 g/mol. The van der Waals surface area contributed by atoms with Crippen molar-refractivity contribution < 1.29 is 4.42 Å². The van der Waals surface area contributed by atoms with Gasteiger partial charge >= 0.3 is 0 Å². The van der Waals surface area contributed by atoms with Crippen LogP contribution in [0, 0.1) is 18.3 Å². The Kier molecular flexibility index (Phi) is 2.88. The number of nitrogens with one attached hydrogen (secondary N) is 1. The minimum Gasteiger partial charge on any atom is -0.449 e. The number of furan rings is 1. The van der Waals surface area contributed by atoms with Crippen molar-refractivity contribution in [1.82, 2.24) is 4.98 Å². The first kappa shape index (κ1) is 10.2. The fraction of sp³-hybridized carbons (Fsp3) is 0.167. The van der Waals surface area contributed by atoms with Gasteiger partial charge in [-0.15, -0.1) is 0 Å². The summed E-state index contributed by atoms with van der Waals surface area (Å²) in [5, 5.41) is 11.7. The van der Waals surface area contributed by atoms with Crippen LogP contribution in [0.25, 0.3) is 0 Å². The molecule has 0 atom stereocenters. The average molecular weight is 213 g/mol. The van der Waals surface area contributed by atoms with Crippen LogP contribution >= 0.6 is 0 Å². The Balaban J connectivity index is 2.00. The zero-order valence-electron chi connectivity index (χ0n) is 8.90. The molecule has 16 heavy (non-hydrogen) atoms. The first-order valence-electron chi connectivity index (χ1n) is 4.93. The minimum atomic E-state index is 0.328. The molecule has 80 valence electrons. The van der Waals surface area contributed by atoms with E-state index in [1.54, 1.807) is 18.3 Å². The van der Waals surface area contributed by atoms with Crippen LogP contribution in [0.4, 0.5) is 5.82 Å². The summed E-state index contributed by atoms with van der Waals surface area (Å²) in [7, 11) is 0. The zero-order valence-corrected chi connectivity index (χ0v) is 8.90. The second-order valence-electron chi connectivity index (χ2n) is 3.45. The Morgan fingerprint density at radius 3 is 3.00 bits per heavy atom. The summed E-state index contributed by atoms with van der Waals surface area (Å²) in [5.74, 6) is 1.85. The number of hydrogen-bond acceptors (Lipinski definition) is 4. The molecule has 2 heterocycles. The molecule has 0 bridgehead atoms. The lowest BCUT2D eigenvalue weighted by Gasteiger charge is -2.03. The van der Waals surface area contributed by atoms with Crippen LogP contribution in [0.15, 0.2) is 34.9 Å². The van der Waals surface area contributed by atoms with Gasteiger partial charge in [-0.2, -0.15) is 5.26 Å². The molecule has 0 aliphatic rings. The van der Waals surface area contributed by atoms with E-state index in [1.165, 1.54) is 0 Å². The Morgan fingerprint density at radius 2 is 2.31 bits per heavy atom. The maximum Gasteiger partial charge on any atom is 0.203 e. The molecule has 0 aromatic carbocycles. The monoisotopic (exact) mass is 213 g/mol. The van der Waals surface area contributed by atoms with Gasteiger partial charge in [-0.3, -0.25) is 0 Å². The number of nitriles is 1. The molecule has 0 spiro atoms. The summed E-state index contributed by atoms with van der Waals surface area (Å²) < 4.78 is 5.23. The highest BCUT2D eigenvalue weighted by Gasteiger charge is 2.01. The standard InChI is InChI=1S/C12H11N3O/c1-9-4-5-14-12(6-9)15-8-11-3-2-10(7-13)16-11/h2-6H,8H2,1H3,(H,14,15). The summed E-state index contributed by atoms with van der Waals surface area (Å²) in [4.78, 5) is 4.16. The van der Waals surface area contributed by atoms with E-state index in [0.717, 1.165) is 17.1 Å². The third-order valence-corrected chi connectivity index (χ3v) is 2.13. The number of nitrogens with zero attached hydrogens (tertiary/aromatic N) is 2. The zero-order chi connectivity index (χ0) is 11.4. The van der Waals surface area contributed by atoms with E-state index in [9.17, 15) is 0 Å². The molecular formula is C12H11N3O. The van der Waals surface area contributed by atoms with Gasteiger partial charge in [0.05, 0.1) is 6.54 Å². The molecule has 0 aliphatic heterocycles. The fourth-order valence-corrected chi connectivity index (χ4v) is 1.34. The summed E-state index contributed by atoms with van der Waals surface area (Å²) in [5.41, 5.74) is 1.15. The number of hydrogen-bond donors (Lipinski definition) is 1. The second-order valence-corrected chi connectivity index (χ2v) is 3.45. The van der Waals surface area contributed by atoms with Gasteiger partial charge in [0.25, 0.3) is 0 Å². The summed E-state index contributed by atoms with van der Waals surface area (Å²) in [6.45, 7) is 2.53. The van der Waals surface area contributed by atoms with Crippen LogP contribution in [0.2, 0.25) is 0 Å². The minimum absolute atomic E-state index is 0.328. The summed E-state index contributed by atoms with van der Waals surface area (Å²) in [6, 6.07) is 9.27. The maximum atomic E-state index is 8.60. The Morgan fingerprint density at radius 1 is 1.44 bits per heavy atom. The third kappa shape index (κ3) is 2.39. The molecule has 1 N–H and O–H groups in total. The van der Waals surface area contributed by atoms with Gasteiger partial charge in [0.1, 0.15) is 17.6 Å². The van der Waals surface area contributed by atoms with E-state index >= 15 is 0 Å². The third-order valence-electron chi connectivity index (χ3n) is 2.13. The highest BCUT2D eigenvalue weighted by Crippen LogP contribution is 2.10. The number of aryl methyl sites for hydroxylation is 1. The second kappa shape index (κ2) is 4.49. The first-order chi connectivity index (χ1) is 7.78. The van der Waals surface area contributed by atoms with Crippen LogP contribution in [0.5, 0.6) is 0 Å². The topological polar surface area (TPSA) is 61.9 Å². The van der Waals surface area contributed by atoms with Gasteiger partial charge in [0.2, 0.25) is 5.76 Å². The molecule has 4 heteroatoms. The predicted octanol–water partition coefficient (Wildman–Crippen LogP) is 2.47. The van der Waals surface area contributed by atoms with Crippen molar-refractivity contribution in [2.75, 3.05) is 5.32 Å². The van der Waals surface area contributed by atoms with Gasteiger partial charge in [0.15, 0.2) is 0 Å². The van der Waals surface area contributed by atoms with Crippen molar-refractivity contribution in [1.29, 1.82) is 5.26 Å². The molecule has 0 unspecified atom stereocenters. The predicted molar refractivity (Wildman–Crippen MR) is 59.7 cm³/mol. The average Bonchev–Trinajstić information content (AvgIpc) is 2.74. The highest BCUT2D eigenvalue weighted by atomic mass is 16.3. The number of pyridine rings is 1. The normalized spacial score (nSPS) is 9.75. The molecule has 0 fully saturated rings. The molecule has 0 radical (unpaired) electrons.